The zero-order valence-corrected chi connectivity index (χ0v) is 14.1. The Hall–Kier alpha value is -0.610. The molecule has 0 heterocycles. The standard InChI is InChI=1S/C16H34N2O2/c1-6-18(4,5)13-9-12-17-15(16(19)20)11-8-7-10-14(2)3/h14-15,17H,6-13H2,1-5H3/p+1. The maximum absolute atomic E-state index is 11.2. The average molecular weight is 287 g/mol. The molecule has 0 aliphatic heterocycles. The summed E-state index contributed by atoms with van der Waals surface area (Å²) in [5.41, 5.74) is 0. The first kappa shape index (κ1) is 19.4. The number of hydrogen-bond acceptors (Lipinski definition) is 2. The number of hydrogen-bond donors (Lipinski definition) is 2. The Morgan fingerprint density at radius 3 is 2.25 bits per heavy atom. The van der Waals surface area contributed by atoms with Crippen molar-refractivity contribution in [3.8, 4) is 0 Å². The van der Waals surface area contributed by atoms with Crippen molar-refractivity contribution in [1.29, 1.82) is 0 Å². The van der Waals surface area contributed by atoms with Gasteiger partial charge in [0.15, 0.2) is 0 Å². The van der Waals surface area contributed by atoms with Crippen molar-refractivity contribution in [2.24, 2.45) is 5.92 Å². The molecule has 0 saturated carbocycles. The summed E-state index contributed by atoms with van der Waals surface area (Å²) >= 11 is 0. The van der Waals surface area contributed by atoms with Crippen molar-refractivity contribution >= 4 is 5.97 Å². The van der Waals surface area contributed by atoms with E-state index in [0.29, 0.717) is 5.92 Å². The van der Waals surface area contributed by atoms with Crippen LogP contribution >= 0.6 is 0 Å². The minimum atomic E-state index is -0.709. The van der Waals surface area contributed by atoms with Crippen LogP contribution in [-0.2, 0) is 4.79 Å². The van der Waals surface area contributed by atoms with Gasteiger partial charge in [0.2, 0.25) is 0 Å². The fourth-order valence-corrected chi connectivity index (χ4v) is 2.16. The molecule has 1 atom stereocenters. The van der Waals surface area contributed by atoms with Crippen LogP contribution in [-0.4, -0.2) is 55.3 Å². The highest BCUT2D eigenvalue weighted by atomic mass is 16.4. The molecule has 0 aromatic carbocycles. The first-order valence-electron chi connectivity index (χ1n) is 8.06. The largest absolute Gasteiger partial charge is 0.480 e. The SMILES string of the molecule is CC[N+](C)(C)CCCNC(CCCCC(C)C)C(=O)O. The van der Waals surface area contributed by atoms with Crippen molar-refractivity contribution < 1.29 is 14.4 Å². The first-order chi connectivity index (χ1) is 9.28. The second-order valence-corrected chi connectivity index (χ2v) is 6.85. The molecule has 0 rings (SSSR count). The molecule has 120 valence electrons. The lowest BCUT2D eigenvalue weighted by Crippen LogP contribution is -2.43. The summed E-state index contributed by atoms with van der Waals surface area (Å²) in [7, 11) is 4.42. The van der Waals surface area contributed by atoms with Gasteiger partial charge in [0.1, 0.15) is 6.04 Å². The number of unbranched alkanes of at least 4 members (excludes halogenated alkanes) is 1. The molecular weight excluding hydrogens is 252 g/mol. The maximum Gasteiger partial charge on any atom is 0.320 e. The van der Waals surface area contributed by atoms with Gasteiger partial charge in [0.05, 0.1) is 27.2 Å². The molecule has 0 spiro atoms. The van der Waals surface area contributed by atoms with Gasteiger partial charge in [-0.15, -0.1) is 0 Å². The van der Waals surface area contributed by atoms with E-state index in [9.17, 15) is 9.90 Å². The summed E-state index contributed by atoms with van der Waals surface area (Å²) in [6, 6.07) is -0.376. The van der Waals surface area contributed by atoms with Crippen LogP contribution < -0.4 is 5.32 Å². The lowest BCUT2D eigenvalue weighted by molar-refractivity contribution is -0.888. The number of carbonyl (C=O) groups is 1. The summed E-state index contributed by atoms with van der Waals surface area (Å²) < 4.78 is 0.994. The van der Waals surface area contributed by atoms with Crippen molar-refractivity contribution in [1.82, 2.24) is 5.32 Å². The molecule has 0 fully saturated rings. The van der Waals surface area contributed by atoms with Crippen LogP contribution in [0, 0.1) is 5.92 Å². The Bertz CT molecular complexity index is 265. The van der Waals surface area contributed by atoms with E-state index in [-0.39, 0.29) is 6.04 Å². The Morgan fingerprint density at radius 1 is 1.15 bits per heavy atom. The van der Waals surface area contributed by atoms with E-state index >= 15 is 0 Å². The summed E-state index contributed by atoms with van der Waals surface area (Å²) in [4.78, 5) is 11.2. The van der Waals surface area contributed by atoms with Gasteiger partial charge in [0.25, 0.3) is 0 Å². The van der Waals surface area contributed by atoms with E-state index in [0.717, 1.165) is 49.8 Å². The summed E-state index contributed by atoms with van der Waals surface area (Å²) in [6.45, 7) is 9.59. The number of carboxylic acids is 1. The van der Waals surface area contributed by atoms with E-state index in [1.807, 2.05) is 0 Å². The molecule has 0 radical (unpaired) electrons. The predicted molar refractivity (Wildman–Crippen MR) is 84.9 cm³/mol. The zero-order chi connectivity index (χ0) is 15.6. The highest BCUT2D eigenvalue weighted by molar-refractivity contribution is 5.73. The van der Waals surface area contributed by atoms with Gasteiger partial charge in [-0.25, -0.2) is 0 Å². The Morgan fingerprint density at radius 2 is 1.75 bits per heavy atom. The molecule has 0 aromatic heterocycles. The van der Waals surface area contributed by atoms with E-state index < -0.39 is 5.97 Å². The molecule has 4 heteroatoms. The van der Waals surface area contributed by atoms with Crippen molar-refractivity contribution in [3.05, 3.63) is 0 Å². The predicted octanol–water partition coefficient (Wildman–Crippen LogP) is 2.73. The fraction of sp³-hybridized carbons (Fsp3) is 0.938. The van der Waals surface area contributed by atoms with E-state index in [1.165, 1.54) is 6.42 Å². The van der Waals surface area contributed by atoms with Gasteiger partial charge < -0.3 is 14.9 Å². The fourth-order valence-electron chi connectivity index (χ4n) is 2.16. The average Bonchev–Trinajstić information content (AvgIpc) is 2.36. The first-order valence-corrected chi connectivity index (χ1v) is 8.06. The molecule has 0 amide bonds. The third-order valence-corrected chi connectivity index (χ3v) is 4.01. The van der Waals surface area contributed by atoms with E-state index in [2.05, 4.69) is 40.2 Å². The van der Waals surface area contributed by atoms with Crippen LogP contribution in [0.2, 0.25) is 0 Å². The lowest BCUT2D eigenvalue weighted by atomic mass is 10.0. The third kappa shape index (κ3) is 10.2. The quantitative estimate of drug-likeness (QED) is 0.428. The number of rotatable bonds is 12. The van der Waals surface area contributed by atoms with Crippen LogP contribution in [0.5, 0.6) is 0 Å². The Balaban J connectivity index is 3.84. The van der Waals surface area contributed by atoms with E-state index in [1.54, 1.807) is 0 Å². The minimum Gasteiger partial charge on any atom is -0.480 e. The normalized spacial score (nSPS) is 13.7. The molecule has 4 nitrogen and oxygen atoms in total. The molecule has 0 bridgehead atoms. The molecule has 1 unspecified atom stereocenters. The maximum atomic E-state index is 11.2. The molecule has 20 heavy (non-hydrogen) atoms. The minimum absolute atomic E-state index is 0.376. The van der Waals surface area contributed by atoms with Crippen LogP contribution in [0.25, 0.3) is 0 Å². The van der Waals surface area contributed by atoms with Crippen LogP contribution in [0.15, 0.2) is 0 Å². The number of quaternary nitrogens is 1. The number of nitrogens with one attached hydrogen (secondary N) is 1. The van der Waals surface area contributed by atoms with Gasteiger partial charge in [-0.3, -0.25) is 4.79 Å². The van der Waals surface area contributed by atoms with Gasteiger partial charge in [-0.05, 0) is 19.3 Å². The summed E-state index contributed by atoms with van der Waals surface area (Å²) in [5, 5.41) is 12.4. The van der Waals surface area contributed by atoms with Gasteiger partial charge in [0, 0.05) is 13.0 Å². The summed E-state index contributed by atoms with van der Waals surface area (Å²) in [6.07, 6.45) is 5.08. The molecule has 0 aromatic rings. The molecule has 0 saturated heterocycles. The second-order valence-electron chi connectivity index (χ2n) is 6.85. The second kappa shape index (κ2) is 10.2. The lowest BCUT2D eigenvalue weighted by Gasteiger charge is -2.28. The molecular formula is C16H35N2O2+. The van der Waals surface area contributed by atoms with Gasteiger partial charge in [-0.1, -0.05) is 33.1 Å². The molecule has 0 aliphatic carbocycles. The van der Waals surface area contributed by atoms with Crippen molar-refractivity contribution in [3.63, 3.8) is 0 Å². The Kier molecular flexibility index (Phi) is 9.86. The molecule has 0 aliphatic rings. The number of aliphatic carboxylic acids is 1. The topological polar surface area (TPSA) is 49.3 Å². The highest BCUT2D eigenvalue weighted by Gasteiger charge is 2.17. The van der Waals surface area contributed by atoms with Crippen LogP contribution in [0.3, 0.4) is 0 Å². The van der Waals surface area contributed by atoms with Gasteiger partial charge >= 0.3 is 5.97 Å². The molecule has 2 N–H and O–H groups in total. The smallest absolute Gasteiger partial charge is 0.320 e. The zero-order valence-electron chi connectivity index (χ0n) is 14.1. The van der Waals surface area contributed by atoms with E-state index in [4.69, 9.17) is 0 Å². The van der Waals surface area contributed by atoms with Crippen LogP contribution in [0.1, 0.15) is 52.9 Å². The third-order valence-electron chi connectivity index (χ3n) is 4.01. The van der Waals surface area contributed by atoms with Crippen molar-refractivity contribution in [2.45, 2.75) is 58.9 Å². The summed E-state index contributed by atoms with van der Waals surface area (Å²) in [5.74, 6) is -0.000862. The number of carboxylic acid groups (broad SMARTS) is 1. The number of nitrogens with zero attached hydrogens (tertiary/aromatic N) is 1. The highest BCUT2D eigenvalue weighted by Crippen LogP contribution is 2.10. The monoisotopic (exact) mass is 287 g/mol. The van der Waals surface area contributed by atoms with Gasteiger partial charge in [-0.2, -0.15) is 0 Å². The van der Waals surface area contributed by atoms with Crippen molar-refractivity contribution in [2.75, 3.05) is 33.7 Å². The van der Waals surface area contributed by atoms with Crippen LogP contribution in [0.4, 0.5) is 0 Å². The Labute approximate surface area is 125 Å².